The van der Waals surface area contributed by atoms with Crippen molar-refractivity contribution in [1.29, 1.82) is 0 Å². The molecule has 0 bridgehead atoms. The number of aromatic nitrogens is 3. The lowest BCUT2D eigenvalue weighted by molar-refractivity contribution is -0.122. The Kier molecular flexibility index (Phi) is 6.07. The van der Waals surface area contributed by atoms with E-state index in [4.69, 9.17) is 0 Å². The number of benzene rings is 1. The highest BCUT2D eigenvalue weighted by atomic mass is 16.2. The van der Waals surface area contributed by atoms with Crippen LogP contribution in [0.1, 0.15) is 26.2 Å². The van der Waals surface area contributed by atoms with Crippen molar-refractivity contribution in [3.63, 3.8) is 0 Å². The first-order chi connectivity index (χ1) is 15.4. The smallest absolute Gasteiger partial charge is 0.228 e. The van der Waals surface area contributed by atoms with E-state index in [2.05, 4.69) is 15.7 Å². The molecule has 0 spiro atoms. The Balaban J connectivity index is 1.36. The normalized spacial score (nSPS) is 12.9. The highest BCUT2D eigenvalue weighted by molar-refractivity contribution is 5.98. The predicted octanol–water partition coefficient (Wildman–Crippen LogP) is 3.00. The van der Waals surface area contributed by atoms with Crippen molar-refractivity contribution in [2.75, 3.05) is 22.1 Å². The van der Waals surface area contributed by atoms with Crippen molar-refractivity contribution >= 4 is 34.9 Å². The average Bonchev–Trinajstić information content (AvgIpc) is 3.38. The van der Waals surface area contributed by atoms with Crippen LogP contribution in [0.2, 0.25) is 0 Å². The lowest BCUT2D eigenvalue weighted by Crippen LogP contribution is -2.37. The number of carbonyl (C=O) groups excluding carboxylic acids is 3. The summed E-state index contributed by atoms with van der Waals surface area (Å²) in [6.45, 7) is 2.81. The van der Waals surface area contributed by atoms with Gasteiger partial charge >= 0.3 is 0 Å². The molecular formula is C23H26N6O3. The number of rotatable bonds is 6. The first-order valence-corrected chi connectivity index (χ1v) is 10.6. The van der Waals surface area contributed by atoms with Crippen LogP contribution < -0.4 is 15.5 Å². The Morgan fingerprint density at radius 1 is 1.00 bits per heavy atom. The van der Waals surface area contributed by atoms with Crippen LogP contribution in [0.5, 0.6) is 0 Å². The van der Waals surface area contributed by atoms with E-state index in [1.165, 1.54) is 6.92 Å². The van der Waals surface area contributed by atoms with E-state index in [9.17, 15) is 14.4 Å². The van der Waals surface area contributed by atoms with Gasteiger partial charge in [0.15, 0.2) is 0 Å². The quantitative estimate of drug-likeness (QED) is 0.623. The molecular weight excluding hydrogens is 408 g/mol. The Hall–Kier alpha value is -3.88. The summed E-state index contributed by atoms with van der Waals surface area (Å²) >= 11 is 0. The molecule has 3 heterocycles. The van der Waals surface area contributed by atoms with Crippen molar-refractivity contribution in [1.82, 2.24) is 14.3 Å². The van der Waals surface area contributed by atoms with Gasteiger partial charge in [-0.2, -0.15) is 5.10 Å². The van der Waals surface area contributed by atoms with Crippen molar-refractivity contribution in [3.8, 4) is 11.4 Å². The molecule has 9 heteroatoms. The van der Waals surface area contributed by atoms with Gasteiger partial charge in [-0.05, 0) is 42.8 Å². The molecule has 3 aromatic rings. The van der Waals surface area contributed by atoms with E-state index >= 15 is 0 Å². The van der Waals surface area contributed by atoms with Crippen LogP contribution in [0.25, 0.3) is 11.4 Å². The second-order valence-electron chi connectivity index (χ2n) is 7.82. The maximum atomic E-state index is 12.9. The van der Waals surface area contributed by atoms with Crippen molar-refractivity contribution in [3.05, 3.63) is 48.7 Å². The fourth-order valence-corrected chi connectivity index (χ4v) is 3.81. The summed E-state index contributed by atoms with van der Waals surface area (Å²) in [5.74, 6) is 0.280. The number of aryl methyl sites for hydroxylation is 2. The van der Waals surface area contributed by atoms with Crippen LogP contribution in [-0.4, -0.2) is 38.6 Å². The molecule has 1 aliphatic rings. The molecule has 0 aliphatic carbocycles. The zero-order chi connectivity index (χ0) is 22.7. The van der Waals surface area contributed by atoms with Crippen LogP contribution in [0.15, 0.2) is 48.7 Å². The van der Waals surface area contributed by atoms with Crippen LogP contribution in [0.3, 0.4) is 0 Å². The number of nitrogens with zero attached hydrogens (tertiary/aromatic N) is 4. The second-order valence-corrected chi connectivity index (χ2v) is 7.82. The monoisotopic (exact) mass is 434 g/mol. The second kappa shape index (κ2) is 9.09. The van der Waals surface area contributed by atoms with E-state index in [-0.39, 0.29) is 30.6 Å². The van der Waals surface area contributed by atoms with Crippen LogP contribution in [0, 0.1) is 0 Å². The SMILES string of the molecule is CC(=O)Nc1ccc(NC(=O)CCC(=O)N2CCCn3nc(-c4cccn4C)cc32)cc1. The zero-order valence-corrected chi connectivity index (χ0v) is 18.2. The van der Waals surface area contributed by atoms with Gasteiger partial charge in [-0.15, -0.1) is 0 Å². The average molecular weight is 435 g/mol. The minimum atomic E-state index is -0.236. The Morgan fingerprint density at radius 3 is 2.38 bits per heavy atom. The third kappa shape index (κ3) is 4.72. The number of carbonyl (C=O) groups is 3. The number of fused-ring (bicyclic) bond motifs is 1. The van der Waals surface area contributed by atoms with Gasteiger partial charge in [0.25, 0.3) is 0 Å². The van der Waals surface area contributed by atoms with Crippen LogP contribution in [0.4, 0.5) is 17.2 Å². The van der Waals surface area contributed by atoms with Crippen molar-refractivity contribution in [2.45, 2.75) is 32.7 Å². The third-order valence-corrected chi connectivity index (χ3v) is 5.35. The van der Waals surface area contributed by atoms with Crippen LogP contribution >= 0.6 is 0 Å². The maximum Gasteiger partial charge on any atom is 0.228 e. The van der Waals surface area contributed by atoms with Gasteiger partial charge in [0.05, 0.1) is 5.69 Å². The molecule has 166 valence electrons. The first kappa shape index (κ1) is 21.4. The molecule has 2 aromatic heterocycles. The molecule has 32 heavy (non-hydrogen) atoms. The van der Waals surface area contributed by atoms with Crippen molar-refractivity contribution in [2.24, 2.45) is 7.05 Å². The molecule has 0 radical (unpaired) electrons. The summed E-state index contributed by atoms with van der Waals surface area (Å²) in [6, 6.07) is 12.7. The molecule has 0 saturated carbocycles. The topological polar surface area (TPSA) is 101 Å². The maximum absolute atomic E-state index is 12.9. The van der Waals surface area contributed by atoms with Crippen LogP contribution in [-0.2, 0) is 28.0 Å². The van der Waals surface area contributed by atoms with Gasteiger partial charge in [-0.1, -0.05) is 0 Å². The van der Waals surface area contributed by atoms with E-state index in [1.54, 1.807) is 29.2 Å². The van der Waals surface area contributed by atoms with Gasteiger partial charge in [0, 0.05) is 63.5 Å². The predicted molar refractivity (Wildman–Crippen MR) is 122 cm³/mol. The van der Waals surface area contributed by atoms with Gasteiger partial charge < -0.3 is 15.2 Å². The number of nitrogens with one attached hydrogen (secondary N) is 2. The number of hydrogen-bond acceptors (Lipinski definition) is 4. The molecule has 0 atom stereocenters. The molecule has 0 saturated heterocycles. The molecule has 3 amide bonds. The first-order valence-electron chi connectivity index (χ1n) is 10.6. The summed E-state index contributed by atoms with van der Waals surface area (Å²) in [5, 5.41) is 10.1. The highest BCUT2D eigenvalue weighted by Gasteiger charge is 2.25. The summed E-state index contributed by atoms with van der Waals surface area (Å²) in [7, 11) is 1.96. The van der Waals surface area contributed by atoms with E-state index in [1.807, 2.05) is 40.7 Å². The summed E-state index contributed by atoms with van der Waals surface area (Å²) in [4.78, 5) is 38.0. The molecule has 0 unspecified atom stereocenters. The van der Waals surface area contributed by atoms with E-state index in [0.29, 0.717) is 17.9 Å². The largest absolute Gasteiger partial charge is 0.349 e. The van der Waals surface area contributed by atoms with E-state index < -0.39 is 0 Å². The summed E-state index contributed by atoms with van der Waals surface area (Å²) < 4.78 is 3.86. The highest BCUT2D eigenvalue weighted by Crippen LogP contribution is 2.28. The Bertz CT molecular complexity index is 1140. The molecule has 0 fully saturated rings. The Labute approximate surface area is 186 Å². The molecule has 2 N–H and O–H groups in total. The van der Waals surface area contributed by atoms with E-state index in [0.717, 1.165) is 30.2 Å². The van der Waals surface area contributed by atoms with Gasteiger partial charge in [-0.25, -0.2) is 4.68 Å². The molecule has 4 rings (SSSR count). The third-order valence-electron chi connectivity index (χ3n) is 5.35. The Morgan fingerprint density at radius 2 is 1.72 bits per heavy atom. The fraction of sp³-hybridized carbons (Fsp3) is 0.304. The molecule has 9 nitrogen and oxygen atoms in total. The zero-order valence-electron chi connectivity index (χ0n) is 18.2. The van der Waals surface area contributed by atoms with Gasteiger partial charge in [-0.3, -0.25) is 19.3 Å². The van der Waals surface area contributed by atoms with Gasteiger partial charge in [0.1, 0.15) is 11.5 Å². The minimum absolute atomic E-state index is 0.0849. The summed E-state index contributed by atoms with van der Waals surface area (Å²) in [6.07, 6.45) is 2.98. The lowest BCUT2D eigenvalue weighted by atomic mass is 10.2. The number of hydrogen-bond donors (Lipinski definition) is 2. The number of amides is 3. The lowest BCUT2D eigenvalue weighted by Gasteiger charge is -2.27. The summed E-state index contributed by atoms with van der Waals surface area (Å²) in [5.41, 5.74) is 3.08. The molecule has 1 aromatic carbocycles. The number of anilines is 3. The standard InChI is InChI=1S/C23H26N6O3/c1-16(30)24-17-6-8-18(9-7-17)25-21(31)10-11-23(32)28-13-4-14-29-22(28)15-19(26-29)20-5-3-12-27(20)2/h3,5-9,12,15H,4,10-11,13-14H2,1-2H3,(H,24,30)(H,25,31). The fourth-order valence-electron chi connectivity index (χ4n) is 3.81. The van der Waals surface area contributed by atoms with Gasteiger partial charge in [0.2, 0.25) is 17.7 Å². The van der Waals surface area contributed by atoms with Crippen molar-refractivity contribution < 1.29 is 14.4 Å². The molecule has 1 aliphatic heterocycles. The minimum Gasteiger partial charge on any atom is -0.349 e.